The highest BCUT2D eigenvalue weighted by Gasteiger charge is 2.16. The van der Waals surface area contributed by atoms with E-state index in [0.717, 1.165) is 18.2 Å². The van der Waals surface area contributed by atoms with Crippen molar-refractivity contribution in [1.29, 1.82) is 0 Å². The summed E-state index contributed by atoms with van der Waals surface area (Å²) in [5.41, 5.74) is 7.63. The lowest BCUT2D eigenvalue weighted by molar-refractivity contribution is 0.0789. The summed E-state index contributed by atoms with van der Waals surface area (Å²) in [6.07, 6.45) is 1.81. The van der Waals surface area contributed by atoms with E-state index >= 15 is 0 Å². The molecule has 3 N–H and O–H groups in total. The van der Waals surface area contributed by atoms with Gasteiger partial charge in [0.25, 0.3) is 5.91 Å². The highest BCUT2D eigenvalue weighted by Crippen LogP contribution is 2.19. The van der Waals surface area contributed by atoms with E-state index in [1.165, 1.54) is 0 Å². The molecule has 1 aromatic rings. The van der Waals surface area contributed by atoms with Gasteiger partial charge in [-0.15, -0.1) is 0 Å². The quantitative estimate of drug-likeness (QED) is 0.791. The van der Waals surface area contributed by atoms with Crippen molar-refractivity contribution < 1.29 is 13.2 Å². The van der Waals surface area contributed by atoms with E-state index in [-0.39, 0.29) is 11.9 Å². The normalized spacial score (nSPS) is 13.0. The number of rotatable bonds is 7. The number of anilines is 1. The van der Waals surface area contributed by atoms with Gasteiger partial charge in [0.1, 0.15) is 0 Å². The summed E-state index contributed by atoms with van der Waals surface area (Å²) in [5.74, 6) is 0.209. The molecule has 0 radical (unpaired) electrons. The van der Waals surface area contributed by atoms with Gasteiger partial charge in [0.05, 0.1) is 11.9 Å². The van der Waals surface area contributed by atoms with E-state index in [9.17, 15) is 13.2 Å². The standard InChI is InChI=1S/C16H27N3O3S/c1-11(2)14(17)8-9-19(4)16(20)13-7-6-12(3)15(10-13)18-23(5,21)22/h6-7,10-11,14,18H,8-9,17H2,1-5H3. The average Bonchev–Trinajstić information content (AvgIpc) is 2.44. The lowest BCUT2D eigenvalue weighted by Gasteiger charge is -2.22. The maximum atomic E-state index is 12.5. The molecule has 0 saturated heterocycles. The molecule has 0 bridgehead atoms. The number of nitrogens with zero attached hydrogens (tertiary/aromatic N) is 1. The third-order valence-electron chi connectivity index (χ3n) is 3.78. The molecule has 23 heavy (non-hydrogen) atoms. The summed E-state index contributed by atoms with van der Waals surface area (Å²) in [5, 5.41) is 0. The zero-order valence-corrected chi connectivity index (χ0v) is 15.3. The van der Waals surface area contributed by atoms with E-state index < -0.39 is 10.0 Å². The van der Waals surface area contributed by atoms with Crippen LogP contribution in [0.25, 0.3) is 0 Å². The Morgan fingerprint density at radius 3 is 2.48 bits per heavy atom. The Bertz CT molecular complexity index is 657. The number of hydrogen-bond donors (Lipinski definition) is 2. The van der Waals surface area contributed by atoms with Crippen molar-refractivity contribution in [2.24, 2.45) is 11.7 Å². The van der Waals surface area contributed by atoms with Crippen molar-refractivity contribution in [3.63, 3.8) is 0 Å². The van der Waals surface area contributed by atoms with Crippen LogP contribution in [0, 0.1) is 12.8 Å². The maximum absolute atomic E-state index is 12.5. The number of carbonyl (C=O) groups is 1. The van der Waals surface area contributed by atoms with Crippen molar-refractivity contribution in [2.45, 2.75) is 33.2 Å². The molecule has 0 aromatic heterocycles. The average molecular weight is 341 g/mol. The minimum absolute atomic E-state index is 0.0470. The van der Waals surface area contributed by atoms with Crippen molar-refractivity contribution in [1.82, 2.24) is 4.90 Å². The van der Waals surface area contributed by atoms with Gasteiger partial charge in [0.2, 0.25) is 10.0 Å². The van der Waals surface area contributed by atoms with Crippen LogP contribution in [-0.4, -0.2) is 45.1 Å². The fraction of sp³-hybridized carbons (Fsp3) is 0.562. The first-order valence-corrected chi connectivity index (χ1v) is 9.50. The van der Waals surface area contributed by atoms with Gasteiger partial charge in [0.15, 0.2) is 0 Å². The van der Waals surface area contributed by atoms with Crippen LogP contribution in [0.5, 0.6) is 0 Å². The Hall–Kier alpha value is -1.60. The van der Waals surface area contributed by atoms with Gasteiger partial charge in [-0.25, -0.2) is 8.42 Å². The fourth-order valence-corrected chi connectivity index (χ4v) is 2.68. The predicted octanol–water partition coefficient (Wildman–Crippen LogP) is 1.81. The van der Waals surface area contributed by atoms with Crippen molar-refractivity contribution in [2.75, 3.05) is 24.6 Å². The van der Waals surface area contributed by atoms with Crippen LogP contribution in [-0.2, 0) is 10.0 Å². The Morgan fingerprint density at radius 1 is 1.35 bits per heavy atom. The van der Waals surface area contributed by atoms with E-state index in [1.54, 1.807) is 37.1 Å². The maximum Gasteiger partial charge on any atom is 0.253 e. The topological polar surface area (TPSA) is 92.5 Å². The molecule has 1 unspecified atom stereocenters. The van der Waals surface area contributed by atoms with Crippen LogP contribution >= 0.6 is 0 Å². The molecule has 1 atom stereocenters. The number of benzene rings is 1. The molecule has 1 aromatic carbocycles. The Morgan fingerprint density at radius 2 is 1.96 bits per heavy atom. The van der Waals surface area contributed by atoms with Gasteiger partial charge in [-0.3, -0.25) is 9.52 Å². The molecule has 6 nitrogen and oxygen atoms in total. The molecular weight excluding hydrogens is 314 g/mol. The number of sulfonamides is 1. The number of amides is 1. The summed E-state index contributed by atoms with van der Waals surface area (Å²) in [4.78, 5) is 14.1. The van der Waals surface area contributed by atoms with Gasteiger partial charge in [-0.05, 0) is 37.0 Å². The Kier molecular flexibility index (Phi) is 6.58. The van der Waals surface area contributed by atoms with Crippen LogP contribution in [0.15, 0.2) is 18.2 Å². The number of nitrogens with one attached hydrogen (secondary N) is 1. The summed E-state index contributed by atoms with van der Waals surface area (Å²) in [6, 6.07) is 5.04. The molecule has 0 aliphatic heterocycles. The molecular formula is C16H27N3O3S. The molecule has 7 heteroatoms. The zero-order chi connectivity index (χ0) is 17.8. The second-order valence-corrected chi connectivity index (χ2v) is 8.08. The number of nitrogens with two attached hydrogens (primary N) is 1. The molecule has 0 fully saturated rings. The van der Waals surface area contributed by atoms with Gasteiger partial charge in [0, 0.05) is 25.2 Å². The molecule has 1 amide bonds. The third kappa shape index (κ3) is 6.19. The zero-order valence-electron chi connectivity index (χ0n) is 14.5. The molecule has 0 aliphatic rings. The molecule has 0 heterocycles. The van der Waals surface area contributed by atoms with Crippen LogP contribution in [0.3, 0.4) is 0 Å². The highest BCUT2D eigenvalue weighted by molar-refractivity contribution is 7.92. The third-order valence-corrected chi connectivity index (χ3v) is 4.37. The Balaban J connectivity index is 2.85. The fourth-order valence-electron chi connectivity index (χ4n) is 2.06. The monoisotopic (exact) mass is 341 g/mol. The lowest BCUT2D eigenvalue weighted by atomic mass is 10.0. The molecule has 1 rings (SSSR count). The highest BCUT2D eigenvalue weighted by atomic mass is 32.2. The minimum atomic E-state index is -3.38. The Labute approximate surface area is 139 Å². The molecule has 0 saturated carbocycles. The van der Waals surface area contributed by atoms with Crippen LogP contribution < -0.4 is 10.5 Å². The minimum Gasteiger partial charge on any atom is -0.342 e. The van der Waals surface area contributed by atoms with Crippen LogP contribution in [0.4, 0.5) is 5.69 Å². The van der Waals surface area contributed by atoms with Crippen molar-refractivity contribution >= 4 is 21.6 Å². The van der Waals surface area contributed by atoms with E-state index in [1.807, 2.05) is 0 Å². The first kappa shape index (κ1) is 19.4. The van der Waals surface area contributed by atoms with Crippen LogP contribution in [0.1, 0.15) is 36.2 Å². The molecule has 0 aliphatic carbocycles. The van der Waals surface area contributed by atoms with Gasteiger partial charge >= 0.3 is 0 Å². The van der Waals surface area contributed by atoms with E-state index in [4.69, 9.17) is 5.73 Å². The predicted molar refractivity (Wildman–Crippen MR) is 94.0 cm³/mol. The number of aryl methyl sites for hydroxylation is 1. The number of hydrogen-bond acceptors (Lipinski definition) is 4. The molecule has 0 spiro atoms. The van der Waals surface area contributed by atoms with Gasteiger partial charge in [-0.1, -0.05) is 19.9 Å². The second kappa shape index (κ2) is 7.79. The van der Waals surface area contributed by atoms with E-state index in [2.05, 4.69) is 18.6 Å². The van der Waals surface area contributed by atoms with Gasteiger partial charge < -0.3 is 10.6 Å². The lowest BCUT2D eigenvalue weighted by Crippen LogP contribution is -2.34. The summed E-state index contributed by atoms with van der Waals surface area (Å²) in [6.45, 7) is 6.44. The van der Waals surface area contributed by atoms with Crippen molar-refractivity contribution in [3.05, 3.63) is 29.3 Å². The van der Waals surface area contributed by atoms with Crippen molar-refractivity contribution in [3.8, 4) is 0 Å². The largest absolute Gasteiger partial charge is 0.342 e. The summed E-state index contributed by atoms with van der Waals surface area (Å²) < 4.78 is 25.2. The summed E-state index contributed by atoms with van der Waals surface area (Å²) >= 11 is 0. The summed E-state index contributed by atoms with van der Waals surface area (Å²) in [7, 11) is -1.66. The first-order chi connectivity index (χ1) is 10.5. The molecule has 130 valence electrons. The second-order valence-electron chi connectivity index (χ2n) is 6.33. The first-order valence-electron chi connectivity index (χ1n) is 7.60. The smallest absolute Gasteiger partial charge is 0.253 e. The SMILES string of the molecule is Cc1ccc(C(=O)N(C)CCC(N)C(C)C)cc1NS(C)(=O)=O. The van der Waals surface area contributed by atoms with Gasteiger partial charge in [-0.2, -0.15) is 0 Å². The van der Waals surface area contributed by atoms with Crippen LogP contribution in [0.2, 0.25) is 0 Å². The number of carbonyl (C=O) groups excluding carboxylic acids is 1. The van der Waals surface area contributed by atoms with E-state index in [0.29, 0.717) is 23.7 Å².